The molecule has 1 amide bonds. The van der Waals surface area contributed by atoms with Gasteiger partial charge in [-0.15, -0.1) is 10.2 Å². The van der Waals surface area contributed by atoms with E-state index >= 15 is 0 Å². The van der Waals surface area contributed by atoms with Crippen LogP contribution < -0.4 is 5.32 Å². The maximum absolute atomic E-state index is 12.2. The molecule has 0 spiro atoms. The van der Waals surface area contributed by atoms with Crippen LogP contribution in [0.4, 0.5) is 5.69 Å². The van der Waals surface area contributed by atoms with E-state index in [0.29, 0.717) is 11.6 Å². The number of benzene rings is 2. The van der Waals surface area contributed by atoms with E-state index in [1.165, 1.54) is 16.9 Å². The largest absolute Gasteiger partial charge is 0.320 e. The average molecular weight is 417 g/mol. The Morgan fingerprint density at radius 3 is 2.56 bits per heavy atom. The van der Waals surface area contributed by atoms with Gasteiger partial charge in [0.1, 0.15) is 5.01 Å². The minimum Gasteiger partial charge on any atom is -0.320 e. The van der Waals surface area contributed by atoms with Crippen LogP contribution in [-0.2, 0) is 13.1 Å². The number of nitrogens with zero attached hydrogens (tertiary/aromatic N) is 3. The second kappa shape index (κ2) is 8.33. The molecule has 3 rings (SSSR count). The molecule has 0 aliphatic heterocycles. The molecule has 0 fully saturated rings. The van der Waals surface area contributed by atoms with Crippen molar-refractivity contribution < 1.29 is 4.79 Å². The van der Waals surface area contributed by atoms with Crippen molar-refractivity contribution in [3.8, 4) is 0 Å². The summed E-state index contributed by atoms with van der Waals surface area (Å²) in [5.74, 6) is -0.233. The standard InChI is InChI=1S/C18H17BrN4OS/c1-23(11-13-7-5-6-10-15(13)19)12-16-21-22-18(25-16)17(24)20-14-8-3-2-4-9-14/h2-10H,11-12H2,1H3,(H,20,24). The van der Waals surface area contributed by atoms with Gasteiger partial charge in [0.15, 0.2) is 0 Å². The second-order valence-corrected chi connectivity index (χ2v) is 7.50. The van der Waals surface area contributed by atoms with Crippen molar-refractivity contribution in [1.29, 1.82) is 0 Å². The summed E-state index contributed by atoms with van der Waals surface area (Å²) < 4.78 is 1.09. The number of hydrogen-bond acceptors (Lipinski definition) is 5. The number of aromatic nitrogens is 2. The number of carbonyl (C=O) groups excluding carboxylic acids is 1. The van der Waals surface area contributed by atoms with Gasteiger partial charge in [-0.25, -0.2) is 0 Å². The topological polar surface area (TPSA) is 58.1 Å². The van der Waals surface area contributed by atoms with E-state index in [4.69, 9.17) is 0 Å². The van der Waals surface area contributed by atoms with Crippen molar-refractivity contribution in [3.63, 3.8) is 0 Å². The molecule has 128 valence electrons. The molecular weight excluding hydrogens is 400 g/mol. The number of nitrogens with one attached hydrogen (secondary N) is 1. The Balaban J connectivity index is 1.59. The van der Waals surface area contributed by atoms with Gasteiger partial charge in [0.2, 0.25) is 5.01 Å². The molecule has 1 N–H and O–H groups in total. The third-order valence-electron chi connectivity index (χ3n) is 3.50. The van der Waals surface area contributed by atoms with E-state index in [2.05, 4.69) is 42.4 Å². The van der Waals surface area contributed by atoms with Gasteiger partial charge >= 0.3 is 0 Å². The molecule has 0 atom stereocenters. The van der Waals surface area contributed by atoms with E-state index in [1.807, 2.05) is 55.6 Å². The molecule has 0 bridgehead atoms. The highest BCUT2D eigenvalue weighted by molar-refractivity contribution is 9.10. The molecule has 5 nitrogen and oxygen atoms in total. The molecular formula is C18H17BrN4OS. The highest BCUT2D eigenvalue weighted by Crippen LogP contribution is 2.19. The van der Waals surface area contributed by atoms with Crippen molar-refractivity contribution >= 4 is 38.9 Å². The predicted octanol–water partition coefficient (Wildman–Crippen LogP) is 4.18. The van der Waals surface area contributed by atoms with Crippen LogP contribution in [0, 0.1) is 0 Å². The number of halogens is 1. The first-order chi connectivity index (χ1) is 12.1. The number of amides is 1. The maximum atomic E-state index is 12.2. The number of anilines is 1. The van der Waals surface area contributed by atoms with Crippen LogP contribution >= 0.6 is 27.3 Å². The fraction of sp³-hybridized carbons (Fsp3) is 0.167. The third-order valence-corrected chi connectivity index (χ3v) is 5.18. The smallest absolute Gasteiger partial charge is 0.286 e. The molecule has 0 aliphatic carbocycles. The van der Waals surface area contributed by atoms with Gasteiger partial charge in [-0.05, 0) is 30.8 Å². The lowest BCUT2D eigenvalue weighted by Gasteiger charge is -2.15. The summed E-state index contributed by atoms with van der Waals surface area (Å²) in [5.41, 5.74) is 1.95. The van der Waals surface area contributed by atoms with Gasteiger partial charge in [0.05, 0.1) is 6.54 Å². The minimum atomic E-state index is -0.233. The van der Waals surface area contributed by atoms with Crippen molar-refractivity contribution in [2.45, 2.75) is 13.1 Å². The lowest BCUT2D eigenvalue weighted by atomic mass is 10.2. The monoisotopic (exact) mass is 416 g/mol. The average Bonchev–Trinajstić information content (AvgIpc) is 3.06. The van der Waals surface area contributed by atoms with Crippen molar-refractivity contribution in [3.05, 3.63) is 74.6 Å². The van der Waals surface area contributed by atoms with Gasteiger partial charge in [-0.2, -0.15) is 0 Å². The summed E-state index contributed by atoms with van der Waals surface area (Å²) in [6.45, 7) is 1.42. The molecule has 0 saturated carbocycles. The number of para-hydroxylation sites is 1. The molecule has 25 heavy (non-hydrogen) atoms. The van der Waals surface area contributed by atoms with Gasteiger partial charge in [0, 0.05) is 16.7 Å². The van der Waals surface area contributed by atoms with E-state index in [0.717, 1.165) is 21.7 Å². The molecule has 0 radical (unpaired) electrons. The Labute approximate surface area is 158 Å². The minimum absolute atomic E-state index is 0.233. The van der Waals surface area contributed by atoms with E-state index in [-0.39, 0.29) is 5.91 Å². The zero-order chi connectivity index (χ0) is 17.6. The second-order valence-electron chi connectivity index (χ2n) is 5.58. The summed E-state index contributed by atoms with van der Waals surface area (Å²) in [6, 6.07) is 17.5. The van der Waals surface area contributed by atoms with Crippen LogP contribution in [-0.4, -0.2) is 28.1 Å². The Bertz CT molecular complexity index is 853. The van der Waals surface area contributed by atoms with Gasteiger partial charge in [0.25, 0.3) is 5.91 Å². The fourth-order valence-corrected chi connectivity index (χ4v) is 3.54. The molecule has 3 aromatic rings. The molecule has 0 saturated heterocycles. The van der Waals surface area contributed by atoms with Crippen LogP contribution in [0.2, 0.25) is 0 Å². The SMILES string of the molecule is CN(Cc1nnc(C(=O)Nc2ccccc2)s1)Cc1ccccc1Br. The molecule has 0 aliphatic rings. The Hall–Kier alpha value is -2.09. The summed E-state index contributed by atoms with van der Waals surface area (Å²) in [6.07, 6.45) is 0. The maximum Gasteiger partial charge on any atom is 0.286 e. The lowest BCUT2D eigenvalue weighted by Crippen LogP contribution is -2.17. The molecule has 7 heteroatoms. The first-order valence-electron chi connectivity index (χ1n) is 7.72. The zero-order valence-electron chi connectivity index (χ0n) is 13.6. The van der Waals surface area contributed by atoms with Crippen molar-refractivity contribution in [1.82, 2.24) is 15.1 Å². The molecule has 0 unspecified atom stereocenters. The normalized spacial score (nSPS) is 10.8. The number of rotatable bonds is 6. The van der Waals surface area contributed by atoms with E-state index < -0.39 is 0 Å². The van der Waals surface area contributed by atoms with Crippen LogP contribution in [0.3, 0.4) is 0 Å². The van der Waals surface area contributed by atoms with E-state index in [1.54, 1.807) is 0 Å². The first-order valence-corrected chi connectivity index (χ1v) is 9.33. The first kappa shape index (κ1) is 17.7. The number of hydrogen-bond donors (Lipinski definition) is 1. The fourth-order valence-electron chi connectivity index (χ4n) is 2.32. The summed E-state index contributed by atoms with van der Waals surface area (Å²) in [7, 11) is 2.02. The quantitative estimate of drug-likeness (QED) is 0.654. The van der Waals surface area contributed by atoms with E-state index in [9.17, 15) is 4.79 Å². The molecule has 1 heterocycles. The Morgan fingerprint density at radius 2 is 1.80 bits per heavy atom. The van der Waals surface area contributed by atoms with Crippen molar-refractivity contribution in [2.24, 2.45) is 0 Å². The number of carbonyl (C=O) groups is 1. The van der Waals surface area contributed by atoms with Crippen LogP contribution in [0.1, 0.15) is 20.4 Å². The third kappa shape index (κ3) is 4.94. The van der Waals surface area contributed by atoms with Gasteiger partial charge in [-0.1, -0.05) is 63.7 Å². The summed E-state index contributed by atoms with van der Waals surface area (Å²) in [5, 5.41) is 12.2. The highest BCUT2D eigenvalue weighted by atomic mass is 79.9. The van der Waals surface area contributed by atoms with Crippen molar-refractivity contribution in [2.75, 3.05) is 12.4 Å². The highest BCUT2D eigenvalue weighted by Gasteiger charge is 2.14. The lowest BCUT2D eigenvalue weighted by molar-refractivity contribution is 0.102. The summed E-state index contributed by atoms with van der Waals surface area (Å²) >= 11 is 4.88. The van der Waals surface area contributed by atoms with Crippen LogP contribution in [0.25, 0.3) is 0 Å². The zero-order valence-corrected chi connectivity index (χ0v) is 16.0. The Morgan fingerprint density at radius 1 is 1.08 bits per heavy atom. The summed E-state index contributed by atoms with van der Waals surface area (Å²) in [4.78, 5) is 14.4. The predicted molar refractivity (Wildman–Crippen MR) is 104 cm³/mol. The molecule has 1 aromatic heterocycles. The van der Waals surface area contributed by atoms with Gasteiger partial charge < -0.3 is 5.32 Å². The van der Waals surface area contributed by atoms with Crippen LogP contribution in [0.5, 0.6) is 0 Å². The Kier molecular flexibility index (Phi) is 5.91. The molecule has 2 aromatic carbocycles. The van der Waals surface area contributed by atoms with Crippen LogP contribution in [0.15, 0.2) is 59.1 Å². The van der Waals surface area contributed by atoms with Gasteiger partial charge in [-0.3, -0.25) is 9.69 Å².